The van der Waals surface area contributed by atoms with E-state index in [0.29, 0.717) is 5.41 Å². The van der Waals surface area contributed by atoms with Crippen molar-refractivity contribution in [3.8, 4) is 0 Å². The zero-order chi connectivity index (χ0) is 15.3. The van der Waals surface area contributed by atoms with Crippen LogP contribution in [0.25, 0.3) is 0 Å². The normalized spacial score (nSPS) is 50.3. The number of carbonyl (C=O) groups is 1. The molecule has 22 heavy (non-hydrogen) atoms. The molecule has 4 aliphatic rings. The monoisotopic (exact) mass is 300 g/mol. The first-order valence-electron chi connectivity index (χ1n) is 9.77. The number of aldehydes is 1. The van der Waals surface area contributed by atoms with Crippen molar-refractivity contribution in [2.75, 3.05) is 0 Å². The number of allylic oxidation sites excluding steroid dienone is 1. The van der Waals surface area contributed by atoms with Gasteiger partial charge in [0.1, 0.15) is 6.29 Å². The van der Waals surface area contributed by atoms with Gasteiger partial charge in [0.2, 0.25) is 0 Å². The molecule has 122 valence electrons. The minimum Gasteiger partial charge on any atom is -0.303 e. The Morgan fingerprint density at radius 3 is 2.82 bits per heavy atom. The molecule has 0 heterocycles. The Labute approximate surface area is 135 Å². The van der Waals surface area contributed by atoms with Crippen molar-refractivity contribution in [3.05, 3.63) is 12.2 Å². The van der Waals surface area contributed by atoms with Gasteiger partial charge in [0.15, 0.2) is 0 Å². The summed E-state index contributed by atoms with van der Waals surface area (Å²) in [6, 6.07) is 0. The summed E-state index contributed by atoms with van der Waals surface area (Å²) >= 11 is 0. The summed E-state index contributed by atoms with van der Waals surface area (Å²) in [4.78, 5) is 10.9. The average molecular weight is 300 g/mol. The van der Waals surface area contributed by atoms with Crippen molar-refractivity contribution in [2.24, 2.45) is 40.9 Å². The van der Waals surface area contributed by atoms with Gasteiger partial charge in [-0.1, -0.05) is 31.9 Å². The third-order valence-corrected chi connectivity index (χ3v) is 8.36. The first-order chi connectivity index (χ1) is 10.6. The van der Waals surface area contributed by atoms with Crippen molar-refractivity contribution in [1.29, 1.82) is 0 Å². The maximum absolute atomic E-state index is 10.9. The predicted octanol–water partition coefficient (Wildman–Crippen LogP) is 5.40. The average Bonchev–Trinajstić information content (AvgIpc) is 2.67. The zero-order valence-electron chi connectivity index (χ0n) is 14.2. The highest BCUT2D eigenvalue weighted by Crippen LogP contribution is 2.65. The fourth-order valence-corrected chi connectivity index (χ4v) is 7.44. The molecule has 0 amide bonds. The quantitative estimate of drug-likeness (QED) is 0.504. The summed E-state index contributed by atoms with van der Waals surface area (Å²) < 4.78 is 0. The number of hydrogen-bond donors (Lipinski definition) is 0. The molecule has 4 fully saturated rings. The Bertz CT molecular complexity index is 467. The summed E-state index contributed by atoms with van der Waals surface area (Å²) in [7, 11) is 0. The van der Waals surface area contributed by atoms with Crippen LogP contribution in [0.4, 0.5) is 0 Å². The van der Waals surface area contributed by atoms with Crippen LogP contribution >= 0.6 is 0 Å². The van der Waals surface area contributed by atoms with E-state index in [2.05, 4.69) is 13.5 Å². The van der Waals surface area contributed by atoms with Crippen LogP contribution in [-0.4, -0.2) is 6.29 Å². The van der Waals surface area contributed by atoms with Crippen molar-refractivity contribution in [1.82, 2.24) is 0 Å². The van der Waals surface area contributed by atoms with Crippen LogP contribution in [0.2, 0.25) is 0 Å². The van der Waals surface area contributed by atoms with E-state index in [4.69, 9.17) is 0 Å². The Hall–Kier alpha value is -0.590. The van der Waals surface area contributed by atoms with Gasteiger partial charge in [0.05, 0.1) is 0 Å². The molecule has 1 nitrogen and oxygen atoms in total. The number of fused-ring (bicyclic) bond motifs is 3. The van der Waals surface area contributed by atoms with Gasteiger partial charge in [-0.15, -0.1) is 0 Å². The molecule has 2 bridgehead atoms. The minimum atomic E-state index is 0.531. The van der Waals surface area contributed by atoms with Crippen LogP contribution < -0.4 is 0 Å². The van der Waals surface area contributed by atoms with Crippen LogP contribution in [0.5, 0.6) is 0 Å². The molecule has 0 radical (unpaired) electrons. The van der Waals surface area contributed by atoms with Crippen molar-refractivity contribution in [2.45, 2.75) is 71.1 Å². The number of hydrogen-bond acceptors (Lipinski definition) is 1. The minimum absolute atomic E-state index is 0.531. The van der Waals surface area contributed by atoms with Gasteiger partial charge in [-0.25, -0.2) is 0 Å². The van der Waals surface area contributed by atoms with E-state index in [-0.39, 0.29) is 0 Å². The van der Waals surface area contributed by atoms with E-state index < -0.39 is 0 Å². The van der Waals surface area contributed by atoms with Crippen molar-refractivity contribution >= 4 is 6.29 Å². The lowest BCUT2D eigenvalue weighted by Crippen LogP contribution is -2.45. The Morgan fingerprint density at radius 1 is 1.18 bits per heavy atom. The largest absolute Gasteiger partial charge is 0.303 e. The molecule has 0 aromatic rings. The van der Waals surface area contributed by atoms with Gasteiger partial charge < -0.3 is 4.79 Å². The van der Waals surface area contributed by atoms with Crippen LogP contribution in [0.3, 0.4) is 0 Å². The maximum atomic E-state index is 10.9. The molecule has 0 aromatic heterocycles. The van der Waals surface area contributed by atoms with E-state index >= 15 is 0 Å². The molecule has 0 spiro atoms. The smallest absolute Gasteiger partial charge is 0.120 e. The standard InChI is InChI=1S/C21H32O/c1-14-16-7-10-19-20(14)17(13-16)8-9-18-15(6-4-12-22)5-3-11-21(18,19)2/h12,15-20H,1,3-11,13H2,2H3/t15-,16-,17-,18?,19?,20?,21-/m1/s1. The first kappa shape index (κ1) is 15.0. The number of carbonyl (C=O) groups excluding carboxylic acids is 1. The second-order valence-corrected chi connectivity index (χ2v) is 9.06. The topological polar surface area (TPSA) is 17.1 Å². The lowest BCUT2D eigenvalue weighted by atomic mass is 9.52. The van der Waals surface area contributed by atoms with Crippen molar-refractivity contribution in [3.63, 3.8) is 0 Å². The molecule has 0 N–H and O–H groups in total. The fraction of sp³-hybridized carbons (Fsp3) is 0.857. The second kappa shape index (κ2) is 5.49. The molecule has 3 unspecified atom stereocenters. The molecule has 0 aromatic carbocycles. The van der Waals surface area contributed by atoms with Gasteiger partial charge in [-0.3, -0.25) is 0 Å². The highest BCUT2D eigenvalue weighted by atomic mass is 16.1. The lowest BCUT2D eigenvalue weighted by Gasteiger charge is -2.53. The van der Waals surface area contributed by atoms with E-state index in [1.165, 1.54) is 51.4 Å². The molecular formula is C21H32O. The molecule has 1 heteroatoms. The Morgan fingerprint density at radius 2 is 2.00 bits per heavy atom. The summed E-state index contributed by atoms with van der Waals surface area (Å²) in [5, 5.41) is 0. The summed E-state index contributed by atoms with van der Waals surface area (Å²) in [5.41, 5.74) is 2.17. The van der Waals surface area contributed by atoms with Crippen LogP contribution in [0.15, 0.2) is 12.2 Å². The summed E-state index contributed by atoms with van der Waals surface area (Å²) in [5.74, 6) is 5.24. The molecular weight excluding hydrogens is 268 g/mol. The van der Waals surface area contributed by atoms with E-state index in [9.17, 15) is 4.79 Å². The number of rotatable bonds is 3. The fourth-order valence-electron chi connectivity index (χ4n) is 7.44. The Balaban J connectivity index is 1.66. The lowest BCUT2D eigenvalue weighted by molar-refractivity contribution is -0.108. The summed E-state index contributed by atoms with van der Waals surface area (Å²) in [6.45, 7) is 7.18. The third-order valence-electron chi connectivity index (χ3n) is 8.36. The van der Waals surface area contributed by atoms with Crippen LogP contribution in [0, 0.1) is 40.9 Å². The molecule has 0 saturated heterocycles. The van der Waals surface area contributed by atoms with Gasteiger partial charge in [0, 0.05) is 6.42 Å². The van der Waals surface area contributed by atoms with E-state index in [0.717, 1.165) is 54.6 Å². The van der Waals surface area contributed by atoms with Crippen LogP contribution in [0.1, 0.15) is 71.1 Å². The second-order valence-electron chi connectivity index (χ2n) is 9.06. The highest BCUT2D eigenvalue weighted by molar-refractivity contribution is 5.49. The maximum Gasteiger partial charge on any atom is 0.120 e. The van der Waals surface area contributed by atoms with Crippen molar-refractivity contribution < 1.29 is 4.79 Å². The predicted molar refractivity (Wildman–Crippen MR) is 90.4 cm³/mol. The zero-order valence-corrected chi connectivity index (χ0v) is 14.2. The highest BCUT2D eigenvalue weighted by Gasteiger charge is 2.57. The van der Waals surface area contributed by atoms with Crippen LogP contribution in [-0.2, 0) is 4.79 Å². The SMILES string of the molecule is C=C1C2C3CC[C@@H]1C[C@H]2CCC1[C@@H](CCC=O)CCC[C@@]31C. The molecule has 4 saturated carbocycles. The van der Waals surface area contributed by atoms with Gasteiger partial charge in [0.25, 0.3) is 0 Å². The third kappa shape index (κ3) is 2.07. The molecule has 4 rings (SSSR count). The molecule has 0 aliphatic heterocycles. The Kier molecular flexibility index (Phi) is 3.74. The molecule has 7 atom stereocenters. The summed E-state index contributed by atoms with van der Waals surface area (Å²) in [6.07, 6.45) is 14.5. The van der Waals surface area contributed by atoms with Gasteiger partial charge in [-0.2, -0.15) is 0 Å². The van der Waals surface area contributed by atoms with Gasteiger partial charge >= 0.3 is 0 Å². The van der Waals surface area contributed by atoms with E-state index in [1.807, 2.05) is 0 Å². The first-order valence-corrected chi connectivity index (χ1v) is 9.77. The molecule has 4 aliphatic carbocycles. The van der Waals surface area contributed by atoms with E-state index in [1.54, 1.807) is 5.57 Å². The van der Waals surface area contributed by atoms with Gasteiger partial charge in [-0.05, 0) is 85.9 Å².